The number of likely N-dealkylation sites (N-methyl/N-ethyl adjacent to an activating group) is 1. The second-order valence-electron chi connectivity index (χ2n) is 23.1. The van der Waals surface area contributed by atoms with Gasteiger partial charge in [-0.25, -0.2) is 4.57 Å². The summed E-state index contributed by atoms with van der Waals surface area (Å²) < 4.78 is 23.8. The molecule has 0 aliphatic rings. The van der Waals surface area contributed by atoms with Gasteiger partial charge in [-0.05, 0) is 51.4 Å². The van der Waals surface area contributed by atoms with Crippen LogP contribution in [0.3, 0.4) is 0 Å². The molecule has 1 amide bonds. The molecular weight excluding hydrogens is 924 g/mol. The number of carbonyl (C=O) groups is 1. The normalized spacial score (nSPS) is 14.0. The minimum absolute atomic E-state index is 0.0624. The summed E-state index contributed by atoms with van der Waals surface area (Å²) in [7, 11) is 1.58. The van der Waals surface area contributed by atoms with Gasteiger partial charge in [0.15, 0.2) is 0 Å². The Kier molecular flexibility index (Phi) is 54.5. The number of hydrogen-bond acceptors (Lipinski definition) is 5. The number of allylic oxidation sites excluding steroid dienone is 5. The van der Waals surface area contributed by atoms with Crippen LogP contribution in [0.4, 0.5) is 0 Å². The highest BCUT2D eigenvalue weighted by Crippen LogP contribution is 2.43. The van der Waals surface area contributed by atoms with Crippen molar-refractivity contribution in [2.75, 3.05) is 40.9 Å². The predicted octanol–water partition coefficient (Wildman–Crippen LogP) is 19.7. The van der Waals surface area contributed by atoms with E-state index >= 15 is 0 Å². The van der Waals surface area contributed by atoms with E-state index in [9.17, 15) is 19.4 Å². The maximum absolute atomic E-state index is 13.0. The smallest absolute Gasteiger partial charge is 0.387 e. The SMILES string of the molecule is CCCCCCC/C=C\C/C=C\CCCCCCCCCCCCCCCC(=O)NC(COP(=O)(O)OCC[N+](C)(C)C)C(O)/C=C/CCCCCCCCCCCCCCCCCCCCCCCCCC. The number of hydrogen-bond donors (Lipinski definition) is 3. The van der Waals surface area contributed by atoms with Gasteiger partial charge in [0.25, 0.3) is 0 Å². The van der Waals surface area contributed by atoms with Crippen LogP contribution in [-0.4, -0.2) is 73.4 Å². The first-order valence-corrected chi connectivity index (χ1v) is 33.4. The van der Waals surface area contributed by atoms with Crippen molar-refractivity contribution >= 4 is 13.7 Å². The molecule has 0 saturated carbocycles. The Bertz CT molecular complexity index is 1280. The molecule has 0 aliphatic heterocycles. The fraction of sp³-hybridized carbons (Fsp3) is 0.891. The van der Waals surface area contributed by atoms with E-state index in [2.05, 4.69) is 43.5 Å². The van der Waals surface area contributed by atoms with E-state index in [0.29, 0.717) is 17.4 Å². The highest BCUT2D eigenvalue weighted by Gasteiger charge is 2.28. The molecule has 8 nitrogen and oxygen atoms in total. The lowest BCUT2D eigenvalue weighted by Crippen LogP contribution is -2.45. The molecule has 0 aliphatic carbocycles. The summed E-state index contributed by atoms with van der Waals surface area (Å²) >= 11 is 0. The third-order valence-electron chi connectivity index (χ3n) is 14.6. The zero-order valence-corrected chi connectivity index (χ0v) is 50.3. The van der Waals surface area contributed by atoms with Crippen LogP contribution in [0.2, 0.25) is 0 Å². The minimum atomic E-state index is -4.35. The Hall–Kier alpha value is -1.28. The fourth-order valence-corrected chi connectivity index (χ4v) is 10.3. The molecule has 0 aromatic carbocycles. The molecule has 0 bridgehead atoms. The molecule has 0 saturated heterocycles. The van der Waals surface area contributed by atoms with Crippen molar-refractivity contribution in [1.82, 2.24) is 5.32 Å². The Morgan fingerprint density at radius 2 is 0.781 bits per heavy atom. The summed E-state index contributed by atoms with van der Waals surface area (Å²) in [6, 6.07) is -0.848. The average Bonchev–Trinajstić information content (AvgIpc) is 3.35. The largest absolute Gasteiger partial charge is 0.472 e. The van der Waals surface area contributed by atoms with Crippen LogP contribution < -0.4 is 5.32 Å². The molecule has 3 unspecified atom stereocenters. The first-order valence-electron chi connectivity index (χ1n) is 31.9. The molecule has 0 rings (SSSR count). The van der Waals surface area contributed by atoms with Crippen molar-refractivity contribution < 1.29 is 32.9 Å². The van der Waals surface area contributed by atoms with E-state index in [1.165, 1.54) is 250 Å². The molecule has 73 heavy (non-hydrogen) atoms. The summed E-state index contributed by atoms with van der Waals surface area (Å²) in [6.07, 6.45) is 72.6. The van der Waals surface area contributed by atoms with Gasteiger partial charge >= 0.3 is 7.82 Å². The van der Waals surface area contributed by atoms with Crippen LogP contribution in [0.1, 0.15) is 316 Å². The Morgan fingerprint density at radius 1 is 0.466 bits per heavy atom. The maximum Gasteiger partial charge on any atom is 0.472 e. The average molecular weight is 1050 g/mol. The van der Waals surface area contributed by atoms with Gasteiger partial charge in [0, 0.05) is 6.42 Å². The van der Waals surface area contributed by atoms with Gasteiger partial charge in [-0.15, -0.1) is 0 Å². The van der Waals surface area contributed by atoms with Crippen LogP contribution in [0.15, 0.2) is 36.5 Å². The van der Waals surface area contributed by atoms with E-state index in [4.69, 9.17) is 9.05 Å². The summed E-state index contributed by atoms with van der Waals surface area (Å²) in [6.45, 7) is 4.85. The first kappa shape index (κ1) is 71.7. The lowest BCUT2D eigenvalue weighted by molar-refractivity contribution is -0.870. The maximum atomic E-state index is 13.0. The monoisotopic (exact) mass is 1050 g/mol. The standard InChI is InChI=1S/C64H125N2O6P/c1-6-8-10-12-14-16-18-20-22-24-26-28-30-32-34-35-37-39-41-43-45-47-49-51-53-55-57-63(67)62(61-72-73(69,70)71-60-59-66(3,4)5)65-64(68)58-56-54-52-50-48-46-44-42-40-38-36-33-31-29-27-25-23-21-19-17-15-13-11-9-7-2/h19,21,25,27,55,57,62-63,67H,6-18,20,22-24,26,28-54,56,58-61H2,1-5H3,(H-,65,68,69,70)/p+1/b21-19-,27-25-,57-55+. The van der Waals surface area contributed by atoms with Gasteiger partial charge in [-0.1, -0.05) is 294 Å². The lowest BCUT2D eigenvalue weighted by Gasteiger charge is -2.25. The Balaban J connectivity index is 4.14. The van der Waals surface area contributed by atoms with Crippen molar-refractivity contribution in [2.45, 2.75) is 328 Å². The van der Waals surface area contributed by atoms with Crippen LogP contribution in [0, 0.1) is 0 Å². The van der Waals surface area contributed by atoms with Crippen LogP contribution in [0.25, 0.3) is 0 Å². The number of phosphoric acid groups is 1. The Morgan fingerprint density at radius 3 is 1.12 bits per heavy atom. The van der Waals surface area contributed by atoms with Gasteiger partial charge < -0.3 is 19.8 Å². The number of rotatable bonds is 59. The number of amides is 1. The Labute approximate surface area is 455 Å². The van der Waals surface area contributed by atoms with E-state index in [1.54, 1.807) is 6.08 Å². The van der Waals surface area contributed by atoms with Gasteiger partial charge in [0.2, 0.25) is 5.91 Å². The number of unbranched alkanes of at least 4 members (excludes halogenated alkanes) is 42. The minimum Gasteiger partial charge on any atom is -0.387 e. The highest BCUT2D eigenvalue weighted by atomic mass is 31.2. The van der Waals surface area contributed by atoms with Crippen molar-refractivity contribution in [2.24, 2.45) is 0 Å². The number of nitrogens with one attached hydrogen (secondary N) is 1. The topological polar surface area (TPSA) is 105 Å². The summed E-state index contributed by atoms with van der Waals surface area (Å²) in [5.41, 5.74) is 0. The number of aliphatic hydroxyl groups excluding tert-OH is 1. The summed E-state index contributed by atoms with van der Waals surface area (Å²) in [5.74, 6) is -0.173. The number of carbonyl (C=O) groups excluding carboxylic acids is 1. The van der Waals surface area contributed by atoms with Gasteiger partial charge in [0.05, 0.1) is 39.9 Å². The number of aliphatic hydroxyl groups is 1. The molecule has 0 fully saturated rings. The lowest BCUT2D eigenvalue weighted by atomic mass is 10.0. The molecule has 432 valence electrons. The number of nitrogens with zero attached hydrogens (tertiary/aromatic N) is 1. The van der Waals surface area contributed by atoms with Gasteiger partial charge in [0.1, 0.15) is 13.2 Å². The zero-order valence-electron chi connectivity index (χ0n) is 49.4. The number of phosphoric ester groups is 1. The molecule has 0 spiro atoms. The second kappa shape index (κ2) is 55.5. The molecule has 0 radical (unpaired) electrons. The third kappa shape index (κ3) is 58.2. The van der Waals surface area contributed by atoms with Crippen molar-refractivity contribution in [3.05, 3.63) is 36.5 Å². The number of quaternary nitrogens is 1. The van der Waals surface area contributed by atoms with Crippen molar-refractivity contribution in [1.29, 1.82) is 0 Å². The van der Waals surface area contributed by atoms with E-state index < -0.39 is 20.0 Å². The van der Waals surface area contributed by atoms with Crippen LogP contribution in [-0.2, 0) is 18.4 Å². The predicted molar refractivity (Wildman–Crippen MR) is 318 cm³/mol. The molecule has 9 heteroatoms. The third-order valence-corrected chi connectivity index (χ3v) is 15.6. The van der Waals surface area contributed by atoms with Gasteiger partial charge in [-0.3, -0.25) is 13.8 Å². The molecule has 3 N–H and O–H groups in total. The molecule has 3 atom stereocenters. The summed E-state index contributed by atoms with van der Waals surface area (Å²) in [4.78, 5) is 23.4. The highest BCUT2D eigenvalue weighted by molar-refractivity contribution is 7.47. The molecule has 0 aromatic rings. The molecule has 0 heterocycles. The van der Waals surface area contributed by atoms with Crippen LogP contribution >= 0.6 is 7.82 Å². The van der Waals surface area contributed by atoms with Crippen molar-refractivity contribution in [3.63, 3.8) is 0 Å². The van der Waals surface area contributed by atoms with Crippen LogP contribution in [0.5, 0.6) is 0 Å². The summed E-state index contributed by atoms with van der Waals surface area (Å²) in [5, 5.41) is 14.0. The van der Waals surface area contributed by atoms with Crippen molar-refractivity contribution in [3.8, 4) is 0 Å². The molecular formula is C64H126N2O6P+. The molecule has 0 aromatic heterocycles. The quantitative estimate of drug-likeness (QED) is 0.0243. The zero-order chi connectivity index (χ0) is 53.5. The second-order valence-corrected chi connectivity index (χ2v) is 24.6. The van der Waals surface area contributed by atoms with E-state index in [-0.39, 0.29) is 19.1 Å². The first-order chi connectivity index (χ1) is 35.5. The van der Waals surface area contributed by atoms with E-state index in [1.807, 2.05) is 27.2 Å². The van der Waals surface area contributed by atoms with E-state index in [0.717, 1.165) is 44.9 Å². The van der Waals surface area contributed by atoms with Gasteiger partial charge in [-0.2, -0.15) is 0 Å². The fourth-order valence-electron chi connectivity index (χ4n) is 9.61.